The average Bonchev–Trinajstić information content (AvgIpc) is 3.22. The van der Waals surface area contributed by atoms with Gasteiger partial charge in [-0.25, -0.2) is 4.39 Å². The molecule has 2 heterocycles. The Morgan fingerprint density at radius 3 is 2.75 bits per heavy atom. The highest BCUT2D eigenvalue weighted by Crippen LogP contribution is 2.25. The summed E-state index contributed by atoms with van der Waals surface area (Å²) in [7, 11) is 0. The Hall–Kier alpha value is -2.63. The molecule has 1 aromatic heterocycles. The third-order valence-electron chi connectivity index (χ3n) is 4.33. The maximum Gasteiger partial charge on any atom is 0.223 e. The molecule has 2 amide bonds. The van der Waals surface area contributed by atoms with Crippen LogP contribution in [0.3, 0.4) is 0 Å². The van der Waals surface area contributed by atoms with Crippen molar-refractivity contribution in [1.29, 1.82) is 0 Å². The predicted octanol–water partition coefficient (Wildman–Crippen LogP) is 2.35. The highest BCUT2D eigenvalue weighted by Gasteiger charge is 2.29. The lowest BCUT2D eigenvalue weighted by Crippen LogP contribution is -2.31. The van der Waals surface area contributed by atoms with Crippen molar-refractivity contribution in [2.45, 2.75) is 19.3 Å². The smallest absolute Gasteiger partial charge is 0.223 e. The van der Waals surface area contributed by atoms with Gasteiger partial charge in [0.05, 0.1) is 11.5 Å². The standard InChI is InChI=1S/C18H19FN2O3/c19-15-4-2-1-3-14(15)16-7-5-13(24-16)6-8-17(22)21-10-9-12(11-21)18(20)23/h1-5,7,12H,6,8-11H2,(H2,20,23)/t12-/m1/s1. The maximum absolute atomic E-state index is 13.7. The Morgan fingerprint density at radius 1 is 1.25 bits per heavy atom. The van der Waals surface area contributed by atoms with Gasteiger partial charge in [0.1, 0.15) is 17.3 Å². The Bertz CT molecular complexity index is 756. The zero-order valence-corrected chi connectivity index (χ0v) is 13.2. The molecule has 0 saturated carbocycles. The minimum Gasteiger partial charge on any atom is -0.461 e. The van der Waals surface area contributed by atoms with Crippen LogP contribution in [0.1, 0.15) is 18.6 Å². The molecule has 0 radical (unpaired) electrons. The summed E-state index contributed by atoms with van der Waals surface area (Å²) < 4.78 is 19.4. The number of hydrogen-bond donors (Lipinski definition) is 1. The number of halogens is 1. The summed E-state index contributed by atoms with van der Waals surface area (Å²) in [5.41, 5.74) is 5.67. The summed E-state index contributed by atoms with van der Waals surface area (Å²) in [6, 6.07) is 9.85. The third-order valence-corrected chi connectivity index (χ3v) is 4.33. The van der Waals surface area contributed by atoms with Gasteiger partial charge in [-0.05, 0) is 30.7 Å². The van der Waals surface area contributed by atoms with Gasteiger partial charge in [-0.2, -0.15) is 0 Å². The molecular weight excluding hydrogens is 311 g/mol. The van der Waals surface area contributed by atoms with E-state index in [1.807, 2.05) is 0 Å². The molecule has 1 aliphatic heterocycles. The average molecular weight is 330 g/mol. The zero-order chi connectivity index (χ0) is 17.1. The molecule has 3 rings (SSSR count). The molecule has 2 N–H and O–H groups in total. The van der Waals surface area contributed by atoms with Crippen molar-refractivity contribution in [3.05, 3.63) is 48.0 Å². The van der Waals surface area contributed by atoms with Crippen LogP contribution in [0.2, 0.25) is 0 Å². The summed E-state index contributed by atoms with van der Waals surface area (Å²) in [5, 5.41) is 0. The van der Waals surface area contributed by atoms with Crippen molar-refractivity contribution >= 4 is 11.8 Å². The molecule has 1 aromatic carbocycles. The molecular formula is C18H19FN2O3. The predicted molar refractivity (Wildman–Crippen MR) is 86.3 cm³/mol. The van der Waals surface area contributed by atoms with Gasteiger partial charge in [-0.15, -0.1) is 0 Å². The molecule has 1 saturated heterocycles. The van der Waals surface area contributed by atoms with E-state index in [9.17, 15) is 14.0 Å². The molecule has 0 bridgehead atoms. The van der Waals surface area contributed by atoms with Crippen molar-refractivity contribution < 1.29 is 18.4 Å². The molecule has 24 heavy (non-hydrogen) atoms. The topological polar surface area (TPSA) is 76.5 Å². The van der Waals surface area contributed by atoms with E-state index in [-0.39, 0.29) is 30.0 Å². The number of benzene rings is 1. The maximum atomic E-state index is 13.7. The summed E-state index contributed by atoms with van der Waals surface area (Å²) in [5.74, 6) is 0.112. The first-order valence-corrected chi connectivity index (χ1v) is 7.95. The number of primary amides is 1. The first-order valence-electron chi connectivity index (χ1n) is 7.95. The number of rotatable bonds is 5. The second-order valence-corrected chi connectivity index (χ2v) is 5.97. The molecule has 2 aromatic rings. The number of aryl methyl sites for hydroxylation is 1. The van der Waals surface area contributed by atoms with E-state index >= 15 is 0 Å². The minimum atomic E-state index is -0.356. The van der Waals surface area contributed by atoms with E-state index in [1.54, 1.807) is 35.2 Å². The lowest BCUT2D eigenvalue weighted by Gasteiger charge is -2.15. The molecule has 1 aliphatic rings. The number of furan rings is 1. The quantitative estimate of drug-likeness (QED) is 0.914. The SMILES string of the molecule is NC(=O)[C@@H]1CCN(C(=O)CCc2ccc(-c3ccccc3F)o2)C1. The molecule has 0 spiro atoms. The molecule has 5 nitrogen and oxygen atoms in total. The van der Waals surface area contributed by atoms with Crippen LogP contribution in [-0.4, -0.2) is 29.8 Å². The lowest BCUT2D eigenvalue weighted by molar-refractivity contribution is -0.130. The van der Waals surface area contributed by atoms with Crippen LogP contribution in [0.15, 0.2) is 40.8 Å². The van der Waals surface area contributed by atoms with E-state index in [0.29, 0.717) is 43.0 Å². The van der Waals surface area contributed by atoms with Gasteiger partial charge < -0.3 is 15.1 Å². The van der Waals surface area contributed by atoms with Crippen LogP contribution in [0.4, 0.5) is 4.39 Å². The summed E-state index contributed by atoms with van der Waals surface area (Å²) in [4.78, 5) is 25.0. The zero-order valence-electron chi connectivity index (χ0n) is 13.2. The van der Waals surface area contributed by atoms with Crippen LogP contribution in [0.25, 0.3) is 11.3 Å². The van der Waals surface area contributed by atoms with E-state index in [2.05, 4.69) is 0 Å². The monoisotopic (exact) mass is 330 g/mol. The van der Waals surface area contributed by atoms with Crippen LogP contribution >= 0.6 is 0 Å². The first kappa shape index (κ1) is 16.2. The fourth-order valence-electron chi connectivity index (χ4n) is 2.93. The van der Waals surface area contributed by atoms with E-state index in [0.717, 1.165) is 0 Å². The van der Waals surface area contributed by atoms with Crippen LogP contribution in [0.5, 0.6) is 0 Å². The summed E-state index contributed by atoms with van der Waals surface area (Å²) in [6.07, 6.45) is 1.35. The molecule has 1 atom stereocenters. The van der Waals surface area contributed by atoms with Gasteiger partial charge in [-0.1, -0.05) is 12.1 Å². The molecule has 0 unspecified atom stereocenters. The fourth-order valence-corrected chi connectivity index (χ4v) is 2.93. The van der Waals surface area contributed by atoms with Crippen LogP contribution in [-0.2, 0) is 16.0 Å². The Morgan fingerprint density at radius 2 is 2.04 bits per heavy atom. The van der Waals surface area contributed by atoms with Crippen LogP contribution < -0.4 is 5.73 Å². The van der Waals surface area contributed by atoms with Crippen molar-refractivity contribution in [3.8, 4) is 11.3 Å². The van der Waals surface area contributed by atoms with Gasteiger partial charge in [-0.3, -0.25) is 9.59 Å². The number of carbonyl (C=O) groups is 2. The molecule has 1 fully saturated rings. The molecule has 0 aliphatic carbocycles. The second kappa shape index (κ2) is 6.86. The molecule has 6 heteroatoms. The normalized spacial score (nSPS) is 17.2. The number of amides is 2. The second-order valence-electron chi connectivity index (χ2n) is 5.97. The number of nitrogens with zero attached hydrogens (tertiary/aromatic N) is 1. The van der Waals surface area contributed by atoms with Crippen molar-refractivity contribution in [1.82, 2.24) is 4.90 Å². The fraction of sp³-hybridized carbons (Fsp3) is 0.333. The number of carbonyl (C=O) groups excluding carboxylic acids is 2. The Labute approximate surface area is 139 Å². The van der Waals surface area contributed by atoms with Gasteiger partial charge in [0.15, 0.2) is 0 Å². The largest absolute Gasteiger partial charge is 0.461 e. The highest BCUT2D eigenvalue weighted by molar-refractivity contribution is 5.81. The summed E-state index contributed by atoms with van der Waals surface area (Å²) in [6.45, 7) is 0.956. The van der Waals surface area contributed by atoms with Crippen LogP contribution in [0, 0.1) is 11.7 Å². The molecule has 126 valence electrons. The minimum absolute atomic E-state index is 0.0254. The lowest BCUT2D eigenvalue weighted by atomic mass is 10.1. The number of nitrogens with two attached hydrogens (primary N) is 1. The van der Waals surface area contributed by atoms with Crippen molar-refractivity contribution in [2.24, 2.45) is 11.7 Å². The van der Waals surface area contributed by atoms with Gasteiger partial charge in [0, 0.05) is 25.9 Å². The Balaban J connectivity index is 1.57. The van der Waals surface area contributed by atoms with E-state index in [1.165, 1.54) is 6.07 Å². The first-order chi connectivity index (χ1) is 11.5. The highest BCUT2D eigenvalue weighted by atomic mass is 19.1. The van der Waals surface area contributed by atoms with Gasteiger partial charge in [0.2, 0.25) is 11.8 Å². The summed E-state index contributed by atoms with van der Waals surface area (Å²) >= 11 is 0. The Kier molecular flexibility index (Phi) is 4.64. The number of likely N-dealkylation sites (tertiary alicyclic amines) is 1. The van der Waals surface area contributed by atoms with E-state index < -0.39 is 0 Å². The number of hydrogen-bond acceptors (Lipinski definition) is 3. The third kappa shape index (κ3) is 3.48. The van der Waals surface area contributed by atoms with Crippen molar-refractivity contribution in [3.63, 3.8) is 0 Å². The van der Waals surface area contributed by atoms with E-state index in [4.69, 9.17) is 10.2 Å². The van der Waals surface area contributed by atoms with Gasteiger partial charge >= 0.3 is 0 Å². The van der Waals surface area contributed by atoms with Gasteiger partial charge in [0.25, 0.3) is 0 Å². The van der Waals surface area contributed by atoms with Crippen molar-refractivity contribution in [2.75, 3.05) is 13.1 Å².